The van der Waals surface area contributed by atoms with E-state index in [0.29, 0.717) is 24.8 Å². The zero-order valence-corrected chi connectivity index (χ0v) is 12.5. The van der Waals surface area contributed by atoms with Gasteiger partial charge in [0.1, 0.15) is 11.0 Å². The molecule has 0 fully saturated rings. The van der Waals surface area contributed by atoms with Crippen LogP contribution >= 0.6 is 27.5 Å². The van der Waals surface area contributed by atoms with Gasteiger partial charge in [-0.15, -0.1) is 0 Å². The molecule has 3 nitrogen and oxygen atoms in total. The lowest BCUT2D eigenvalue weighted by molar-refractivity contribution is 0.109. The van der Waals surface area contributed by atoms with Gasteiger partial charge in [0.05, 0.1) is 18.9 Å². The molecule has 5 heteroatoms. The number of nitrogens with zero attached hydrogens (tertiary/aromatic N) is 2. The molecule has 2 aromatic rings. The maximum Gasteiger partial charge on any atom is 0.138 e. The molecule has 2 heterocycles. The van der Waals surface area contributed by atoms with Crippen LogP contribution in [0.1, 0.15) is 22.6 Å². The van der Waals surface area contributed by atoms with Crippen LogP contribution in [0.3, 0.4) is 0 Å². The molecular formula is C14H12BrClN2O. The lowest BCUT2D eigenvalue weighted by atomic mass is 10.1. The largest absolute Gasteiger partial charge is 0.376 e. The summed E-state index contributed by atoms with van der Waals surface area (Å²) in [5.74, 6) is 0.762. The van der Waals surface area contributed by atoms with E-state index in [1.54, 1.807) is 0 Å². The number of halogens is 2. The van der Waals surface area contributed by atoms with E-state index in [4.69, 9.17) is 16.3 Å². The summed E-state index contributed by atoms with van der Waals surface area (Å²) in [5, 5.41) is 0.520. The molecule has 0 aliphatic carbocycles. The molecule has 0 N–H and O–H groups in total. The van der Waals surface area contributed by atoms with Gasteiger partial charge in [-0.05, 0) is 11.6 Å². The van der Waals surface area contributed by atoms with Gasteiger partial charge in [-0.1, -0.05) is 45.7 Å². The van der Waals surface area contributed by atoms with Crippen LogP contribution in [0.4, 0.5) is 0 Å². The first kappa shape index (κ1) is 13.0. The Morgan fingerprint density at radius 1 is 1.26 bits per heavy atom. The second kappa shape index (κ2) is 5.57. The molecule has 0 spiro atoms. The normalized spacial score (nSPS) is 14.2. The summed E-state index contributed by atoms with van der Waals surface area (Å²) in [6.45, 7) is 1.22. The van der Waals surface area contributed by atoms with Gasteiger partial charge in [-0.2, -0.15) is 0 Å². The Hall–Kier alpha value is -0.970. The Bertz CT molecular complexity index is 618. The van der Waals surface area contributed by atoms with E-state index in [1.165, 1.54) is 0 Å². The van der Waals surface area contributed by atoms with Gasteiger partial charge in [0.2, 0.25) is 0 Å². The molecule has 0 atom stereocenters. The van der Waals surface area contributed by atoms with Crippen LogP contribution in [0, 0.1) is 0 Å². The molecule has 1 aromatic carbocycles. The van der Waals surface area contributed by atoms with Crippen molar-refractivity contribution in [1.29, 1.82) is 0 Å². The topological polar surface area (TPSA) is 35.0 Å². The molecule has 0 saturated carbocycles. The Morgan fingerprint density at radius 2 is 2.11 bits per heavy atom. The lowest BCUT2D eigenvalue weighted by Gasteiger charge is -2.17. The highest BCUT2D eigenvalue weighted by molar-refractivity contribution is 9.10. The van der Waals surface area contributed by atoms with Crippen molar-refractivity contribution in [2.45, 2.75) is 19.4 Å². The van der Waals surface area contributed by atoms with Crippen LogP contribution < -0.4 is 0 Å². The number of ether oxygens (including phenoxy) is 1. The van der Waals surface area contributed by atoms with Crippen LogP contribution in [-0.4, -0.2) is 16.6 Å². The molecule has 0 bridgehead atoms. The first-order valence-electron chi connectivity index (χ1n) is 6.09. The van der Waals surface area contributed by atoms with E-state index in [9.17, 15) is 0 Å². The Labute approximate surface area is 125 Å². The number of aromatic nitrogens is 2. The molecule has 0 unspecified atom stereocenters. The Balaban J connectivity index is 1.94. The summed E-state index contributed by atoms with van der Waals surface area (Å²) in [7, 11) is 0. The number of rotatable bonds is 2. The van der Waals surface area contributed by atoms with Crippen molar-refractivity contribution >= 4 is 27.5 Å². The third-order valence-electron chi connectivity index (χ3n) is 3.12. The molecule has 98 valence electrons. The quantitative estimate of drug-likeness (QED) is 0.785. The second-order valence-corrected chi connectivity index (χ2v) is 5.64. The van der Waals surface area contributed by atoms with Crippen molar-refractivity contribution in [3.05, 3.63) is 56.5 Å². The summed E-state index contributed by atoms with van der Waals surface area (Å²) in [4.78, 5) is 8.99. The molecule has 1 aromatic heterocycles. The van der Waals surface area contributed by atoms with Crippen molar-refractivity contribution in [2.24, 2.45) is 0 Å². The minimum Gasteiger partial charge on any atom is -0.376 e. The summed E-state index contributed by atoms with van der Waals surface area (Å²) >= 11 is 9.75. The van der Waals surface area contributed by atoms with Crippen molar-refractivity contribution in [1.82, 2.24) is 9.97 Å². The van der Waals surface area contributed by atoms with Crippen LogP contribution in [0.5, 0.6) is 0 Å². The maximum atomic E-state index is 6.21. The highest BCUT2D eigenvalue weighted by atomic mass is 79.9. The van der Waals surface area contributed by atoms with E-state index in [1.807, 2.05) is 18.2 Å². The molecule has 1 aliphatic heterocycles. The summed E-state index contributed by atoms with van der Waals surface area (Å²) in [6, 6.07) is 8.08. The van der Waals surface area contributed by atoms with Crippen molar-refractivity contribution in [3.8, 4) is 0 Å². The van der Waals surface area contributed by atoms with Crippen molar-refractivity contribution < 1.29 is 4.74 Å². The second-order valence-electron chi connectivity index (χ2n) is 4.43. The van der Waals surface area contributed by atoms with Gasteiger partial charge in [0.15, 0.2) is 0 Å². The van der Waals surface area contributed by atoms with Gasteiger partial charge in [-0.25, -0.2) is 9.97 Å². The predicted molar refractivity (Wildman–Crippen MR) is 77.4 cm³/mol. The maximum absolute atomic E-state index is 6.21. The average Bonchev–Trinajstić information content (AvgIpc) is 2.42. The predicted octanol–water partition coefficient (Wildman–Crippen LogP) is 3.56. The highest BCUT2D eigenvalue weighted by Crippen LogP contribution is 2.24. The third kappa shape index (κ3) is 2.81. The van der Waals surface area contributed by atoms with Gasteiger partial charge in [0.25, 0.3) is 0 Å². The fourth-order valence-electron chi connectivity index (χ4n) is 2.13. The standard InChI is InChI=1S/C14H12BrClN2O/c15-11-4-2-1-3-9(11)7-13-17-12-5-6-19-8-10(12)14(16)18-13/h1-4H,5-8H2. The van der Waals surface area contributed by atoms with Gasteiger partial charge in [-0.3, -0.25) is 0 Å². The van der Waals surface area contributed by atoms with E-state index in [-0.39, 0.29) is 0 Å². The molecule has 3 rings (SSSR count). The van der Waals surface area contributed by atoms with Gasteiger partial charge >= 0.3 is 0 Å². The molecule has 19 heavy (non-hydrogen) atoms. The van der Waals surface area contributed by atoms with Crippen molar-refractivity contribution in [2.75, 3.05) is 6.61 Å². The molecule has 0 saturated heterocycles. The average molecular weight is 340 g/mol. The number of hydrogen-bond acceptors (Lipinski definition) is 3. The van der Waals surface area contributed by atoms with Crippen LogP contribution in [-0.2, 0) is 24.2 Å². The minimum absolute atomic E-state index is 0.517. The summed E-state index contributed by atoms with van der Waals surface area (Å²) in [5.41, 5.74) is 3.11. The highest BCUT2D eigenvalue weighted by Gasteiger charge is 2.17. The van der Waals surface area contributed by atoms with E-state index in [0.717, 1.165) is 33.5 Å². The zero-order valence-electron chi connectivity index (χ0n) is 10.2. The fourth-order valence-corrected chi connectivity index (χ4v) is 2.82. The third-order valence-corrected chi connectivity index (χ3v) is 4.21. The number of benzene rings is 1. The van der Waals surface area contributed by atoms with E-state index >= 15 is 0 Å². The Morgan fingerprint density at radius 3 is 2.95 bits per heavy atom. The minimum atomic E-state index is 0.517. The zero-order chi connectivity index (χ0) is 13.2. The number of hydrogen-bond donors (Lipinski definition) is 0. The molecule has 0 radical (unpaired) electrons. The van der Waals surface area contributed by atoms with Gasteiger partial charge < -0.3 is 4.74 Å². The first-order chi connectivity index (χ1) is 9.24. The summed E-state index contributed by atoms with van der Waals surface area (Å²) < 4.78 is 6.45. The van der Waals surface area contributed by atoms with Gasteiger partial charge in [0, 0.05) is 22.9 Å². The van der Waals surface area contributed by atoms with Crippen molar-refractivity contribution in [3.63, 3.8) is 0 Å². The van der Waals surface area contributed by atoms with Crippen LogP contribution in [0.2, 0.25) is 5.15 Å². The molecule has 0 amide bonds. The molecular weight excluding hydrogens is 328 g/mol. The smallest absolute Gasteiger partial charge is 0.138 e. The van der Waals surface area contributed by atoms with E-state index < -0.39 is 0 Å². The number of fused-ring (bicyclic) bond motifs is 1. The van der Waals surface area contributed by atoms with E-state index in [2.05, 4.69) is 32.0 Å². The Kier molecular flexibility index (Phi) is 3.82. The molecule has 1 aliphatic rings. The monoisotopic (exact) mass is 338 g/mol. The first-order valence-corrected chi connectivity index (χ1v) is 7.26. The SMILES string of the molecule is Clc1nc(Cc2ccccc2Br)nc2c1COCC2. The summed E-state index contributed by atoms with van der Waals surface area (Å²) in [6.07, 6.45) is 1.48. The lowest BCUT2D eigenvalue weighted by Crippen LogP contribution is -2.15. The van der Waals surface area contributed by atoms with Crippen LogP contribution in [0.25, 0.3) is 0 Å². The van der Waals surface area contributed by atoms with Crippen LogP contribution in [0.15, 0.2) is 28.7 Å². The fraction of sp³-hybridized carbons (Fsp3) is 0.286.